The van der Waals surface area contributed by atoms with Crippen LogP contribution >= 0.6 is 11.8 Å². The lowest BCUT2D eigenvalue weighted by Gasteiger charge is -2.10. The van der Waals surface area contributed by atoms with Gasteiger partial charge in [-0.1, -0.05) is 36.0 Å². The van der Waals surface area contributed by atoms with Gasteiger partial charge in [-0.25, -0.2) is 0 Å². The molecule has 1 amide bonds. The molecule has 1 aromatic heterocycles. The Kier molecular flexibility index (Phi) is 7.56. The smallest absolute Gasteiger partial charge is 0.232 e. The van der Waals surface area contributed by atoms with Gasteiger partial charge in [-0.3, -0.25) is 4.79 Å². The van der Waals surface area contributed by atoms with E-state index in [0.717, 1.165) is 5.16 Å². The van der Waals surface area contributed by atoms with Gasteiger partial charge in [0.05, 0.1) is 32.9 Å². The van der Waals surface area contributed by atoms with Crippen LogP contribution in [-0.2, 0) is 18.3 Å². The van der Waals surface area contributed by atoms with E-state index < -0.39 is 0 Å². The molecule has 1 N–H and O–H groups in total. The third kappa shape index (κ3) is 5.44. The molecule has 0 unspecified atom stereocenters. The number of para-hydroxylation sites is 4. The van der Waals surface area contributed by atoms with Gasteiger partial charge in [-0.15, -0.1) is 10.2 Å². The van der Waals surface area contributed by atoms with E-state index in [1.807, 2.05) is 48.0 Å². The minimum Gasteiger partial charge on any atom is -0.495 e. The summed E-state index contributed by atoms with van der Waals surface area (Å²) in [6.07, 6.45) is 0.111. The topological polar surface area (TPSA) is 87.5 Å². The Balaban J connectivity index is 1.51. The molecule has 2 aromatic carbocycles. The maximum atomic E-state index is 12.4. The molecule has 30 heavy (non-hydrogen) atoms. The van der Waals surface area contributed by atoms with Crippen molar-refractivity contribution in [2.24, 2.45) is 7.05 Å². The van der Waals surface area contributed by atoms with Crippen LogP contribution < -0.4 is 19.5 Å². The number of hydrogen-bond donors (Lipinski definition) is 1. The first-order valence-electron chi connectivity index (χ1n) is 9.32. The lowest BCUT2D eigenvalue weighted by molar-refractivity contribution is -0.115. The highest BCUT2D eigenvalue weighted by atomic mass is 32.2. The predicted octanol–water partition coefficient (Wildman–Crippen LogP) is 3.18. The Bertz CT molecular complexity index is 993. The Morgan fingerprint density at radius 2 is 1.67 bits per heavy atom. The number of ether oxygens (including phenoxy) is 3. The zero-order valence-corrected chi connectivity index (χ0v) is 17.9. The van der Waals surface area contributed by atoms with Crippen molar-refractivity contribution in [1.82, 2.24) is 14.8 Å². The number of thioether (sulfide) groups is 1. The van der Waals surface area contributed by atoms with E-state index in [-0.39, 0.29) is 12.3 Å². The van der Waals surface area contributed by atoms with Crippen molar-refractivity contribution < 1.29 is 19.0 Å². The maximum Gasteiger partial charge on any atom is 0.232 e. The van der Waals surface area contributed by atoms with Gasteiger partial charge in [0.25, 0.3) is 0 Å². The number of carbonyl (C=O) groups excluding carboxylic acids is 1. The number of benzene rings is 2. The summed E-state index contributed by atoms with van der Waals surface area (Å²) in [5, 5.41) is 11.9. The normalized spacial score (nSPS) is 10.5. The summed E-state index contributed by atoms with van der Waals surface area (Å²) in [5.74, 6) is 3.07. The van der Waals surface area contributed by atoms with Gasteiger partial charge in [0.2, 0.25) is 5.91 Å². The van der Waals surface area contributed by atoms with Gasteiger partial charge < -0.3 is 24.1 Å². The van der Waals surface area contributed by atoms with Crippen molar-refractivity contribution >= 4 is 23.4 Å². The molecule has 0 spiro atoms. The Labute approximate surface area is 179 Å². The first-order chi connectivity index (χ1) is 14.6. The van der Waals surface area contributed by atoms with Crippen LogP contribution in [0.25, 0.3) is 0 Å². The fraction of sp³-hybridized carbons (Fsp3) is 0.286. The predicted molar refractivity (Wildman–Crippen MR) is 116 cm³/mol. The second kappa shape index (κ2) is 10.5. The van der Waals surface area contributed by atoms with E-state index in [9.17, 15) is 4.79 Å². The number of rotatable bonds is 10. The SMILES string of the molecule is COc1ccccc1NC(=O)Cc1nnc(SCCOc2ccccc2OC)n1C. The summed E-state index contributed by atoms with van der Waals surface area (Å²) in [6, 6.07) is 14.8. The van der Waals surface area contributed by atoms with Crippen LogP contribution in [0.2, 0.25) is 0 Å². The van der Waals surface area contributed by atoms with Crippen molar-refractivity contribution in [3.05, 3.63) is 54.4 Å². The Hall–Kier alpha value is -3.20. The quantitative estimate of drug-likeness (QED) is 0.392. The average molecular weight is 429 g/mol. The van der Waals surface area contributed by atoms with Gasteiger partial charge in [0.15, 0.2) is 16.7 Å². The molecule has 158 valence electrons. The maximum absolute atomic E-state index is 12.4. The van der Waals surface area contributed by atoms with Crippen LogP contribution in [0, 0.1) is 0 Å². The van der Waals surface area contributed by atoms with Crippen LogP contribution in [0.15, 0.2) is 53.7 Å². The Morgan fingerprint density at radius 1 is 1.00 bits per heavy atom. The van der Waals surface area contributed by atoms with Gasteiger partial charge in [0, 0.05) is 12.8 Å². The molecule has 0 atom stereocenters. The molecule has 0 aliphatic rings. The van der Waals surface area contributed by atoms with Gasteiger partial charge >= 0.3 is 0 Å². The molecule has 0 saturated carbocycles. The number of methoxy groups -OCH3 is 2. The largest absolute Gasteiger partial charge is 0.495 e. The summed E-state index contributed by atoms with van der Waals surface area (Å²) in [6.45, 7) is 0.488. The Morgan fingerprint density at radius 3 is 2.40 bits per heavy atom. The second-order valence-electron chi connectivity index (χ2n) is 6.23. The van der Waals surface area contributed by atoms with Crippen LogP contribution in [0.5, 0.6) is 17.2 Å². The second-order valence-corrected chi connectivity index (χ2v) is 7.29. The molecule has 1 heterocycles. The molecule has 8 nitrogen and oxygen atoms in total. The highest BCUT2D eigenvalue weighted by molar-refractivity contribution is 7.99. The summed E-state index contributed by atoms with van der Waals surface area (Å²) >= 11 is 1.51. The van der Waals surface area contributed by atoms with E-state index >= 15 is 0 Å². The van der Waals surface area contributed by atoms with E-state index in [1.54, 1.807) is 26.4 Å². The molecular weight excluding hydrogens is 404 g/mol. The van der Waals surface area contributed by atoms with Gasteiger partial charge in [-0.2, -0.15) is 0 Å². The minimum atomic E-state index is -0.189. The van der Waals surface area contributed by atoms with Crippen molar-refractivity contribution in [2.45, 2.75) is 11.6 Å². The van der Waals surface area contributed by atoms with E-state index in [2.05, 4.69) is 15.5 Å². The van der Waals surface area contributed by atoms with Crippen molar-refractivity contribution in [1.29, 1.82) is 0 Å². The van der Waals surface area contributed by atoms with Crippen LogP contribution in [0.1, 0.15) is 5.82 Å². The van der Waals surface area contributed by atoms with E-state index in [4.69, 9.17) is 14.2 Å². The number of amides is 1. The number of anilines is 1. The molecule has 0 radical (unpaired) electrons. The molecule has 3 rings (SSSR count). The van der Waals surface area contributed by atoms with Gasteiger partial charge in [0.1, 0.15) is 11.6 Å². The lowest BCUT2D eigenvalue weighted by atomic mass is 10.2. The van der Waals surface area contributed by atoms with E-state index in [0.29, 0.717) is 41.1 Å². The summed E-state index contributed by atoms with van der Waals surface area (Å²) in [7, 11) is 5.02. The third-order valence-electron chi connectivity index (χ3n) is 4.27. The summed E-state index contributed by atoms with van der Waals surface area (Å²) in [4.78, 5) is 12.4. The first kappa shape index (κ1) is 21.5. The fourth-order valence-electron chi connectivity index (χ4n) is 2.73. The van der Waals surface area contributed by atoms with Crippen molar-refractivity contribution in [3.8, 4) is 17.2 Å². The highest BCUT2D eigenvalue weighted by Crippen LogP contribution is 2.26. The monoisotopic (exact) mass is 428 g/mol. The zero-order chi connectivity index (χ0) is 21.3. The number of aromatic nitrogens is 3. The molecule has 0 fully saturated rings. The van der Waals surface area contributed by atoms with Crippen LogP contribution in [-0.4, -0.2) is 47.3 Å². The van der Waals surface area contributed by atoms with Crippen molar-refractivity contribution in [2.75, 3.05) is 31.9 Å². The molecule has 0 saturated heterocycles. The lowest BCUT2D eigenvalue weighted by Crippen LogP contribution is -2.17. The van der Waals surface area contributed by atoms with Crippen molar-refractivity contribution in [3.63, 3.8) is 0 Å². The zero-order valence-electron chi connectivity index (χ0n) is 17.1. The minimum absolute atomic E-state index is 0.111. The highest BCUT2D eigenvalue weighted by Gasteiger charge is 2.14. The molecule has 0 aliphatic heterocycles. The standard InChI is InChI=1S/C21H24N4O4S/c1-25-19(14-20(26)22-15-8-4-5-9-16(15)27-2)23-24-21(25)30-13-12-29-18-11-7-6-10-17(18)28-3/h4-11H,12-14H2,1-3H3,(H,22,26). The third-order valence-corrected chi connectivity index (χ3v) is 5.25. The summed E-state index contributed by atoms with van der Waals surface area (Å²) < 4.78 is 18.1. The number of nitrogens with one attached hydrogen (secondary N) is 1. The fourth-order valence-corrected chi connectivity index (χ4v) is 3.48. The molecule has 0 aliphatic carbocycles. The van der Waals surface area contributed by atoms with E-state index in [1.165, 1.54) is 11.8 Å². The number of hydrogen-bond acceptors (Lipinski definition) is 7. The van der Waals surface area contributed by atoms with Crippen LogP contribution in [0.3, 0.4) is 0 Å². The molecule has 0 bridgehead atoms. The summed E-state index contributed by atoms with van der Waals surface area (Å²) in [5.41, 5.74) is 0.621. The molecular formula is C21H24N4O4S. The average Bonchev–Trinajstić information content (AvgIpc) is 3.11. The number of carbonyl (C=O) groups is 1. The van der Waals surface area contributed by atoms with Crippen LogP contribution in [0.4, 0.5) is 5.69 Å². The number of nitrogens with zero attached hydrogens (tertiary/aromatic N) is 3. The molecule has 9 heteroatoms. The van der Waals surface area contributed by atoms with Gasteiger partial charge in [-0.05, 0) is 24.3 Å². The first-order valence-corrected chi connectivity index (χ1v) is 10.3. The molecule has 3 aromatic rings.